The number of ketones is 1. The van der Waals surface area contributed by atoms with Gasteiger partial charge in [0, 0.05) is 11.1 Å². The molecule has 0 aliphatic carbocycles. The quantitative estimate of drug-likeness (QED) is 0.212. The minimum atomic E-state index is -3.18. The smallest absolute Gasteiger partial charge is 0.223 e. The fourth-order valence-electron chi connectivity index (χ4n) is 3.16. The topological polar surface area (TPSA) is 51.2 Å². The van der Waals surface area contributed by atoms with Gasteiger partial charge in [-0.2, -0.15) is 0 Å². The highest BCUT2D eigenvalue weighted by atomic mass is 35.5. The third kappa shape index (κ3) is 4.10. The van der Waals surface area contributed by atoms with Crippen molar-refractivity contribution >= 4 is 70.8 Å². The molecule has 0 aromatic heterocycles. The molecule has 0 N–H and O–H groups in total. The Balaban J connectivity index is 2.15. The largest absolute Gasteiger partial charge is 0.313 e. The second kappa shape index (κ2) is 9.26. The summed E-state index contributed by atoms with van der Waals surface area (Å²) >= 11 is 25.4. The molecule has 3 nitrogen and oxygen atoms in total. The highest BCUT2D eigenvalue weighted by molar-refractivity contribution is 7.72. The number of carbonyl (C=O) groups excluding carboxylic acids is 2. The Kier molecular flexibility index (Phi) is 7.12. The van der Waals surface area contributed by atoms with Crippen LogP contribution in [-0.2, 0) is 4.57 Å². The van der Waals surface area contributed by atoms with E-state index in [4.69, 9.17) is 46.4 Å². The van der Waals surface area contributed by atoms with Crippen LogP contribution in [0.15, 0.2) is 48.5 Å². The molecule has 3 aromatic rings. The first kappa shape index (κ1) is 23.1. The van der Waals surface area contributed by atoms with Gasteiger partial charge >= 0.3 is 0 Å². The van der Waals surface area contributed by atoms with Gasteiger partial charge in [0.2, 0.25) is 5.52 Å². The van der Waals surface area contributed by atoms with E-state index in [-0.39, 0.29) is 31.0 Å². The van der Waals surface area contributed by atoms with Crippen LogP contribution in [-0.4, -0.2) is 11.3 Å². The Bertz CT molecular complexity index is 1160. The minimum absolute atomic E-state index is 0.0994. The van der Waals surface area contributed by atoms with E-state index >= 15 is 0 Å². The van der Waals surface area contributed by atoms with Crippen LogP contribution in [0.25, 0.3) is 0 Å². The molecule has 1 atom stereocenters. The van der Waals surface area contributed by atoms with Crippen LogP contribution in [0, 0.1) is 13.8 Å². The van der Waals surface area contributed by atoms with Gasteiger partial charge in [-0.25, -0.2) is 0 Å². The highest BCUT2D eigenvalue weighted by Gasteiger charge is 2.31. The summed E-state index contributed by atoms with van der Waals surface area (Å²) in [5, 5.41) is -0.955. The van der Waals surface area contributed by atoms with Crippen molar-refractivity contribution in [1.82, 2.24) is 0 Å². The maximum atomic E-state index is 13.2. The van der Waals surface area contributed by atoms with Gasteiger partial charge in [-0.15, -0.1) is 0 Å². The summed E-state index contributed by atoms with van der Waals surface area (Å²) in [6.45, 7) is 3.50. The van der Waals surface area contributed by atoms with E-state index < -0.39 is 19.1 Å². The Hall–Kier alpha value is -1.61. The fourth-order valence-corrected chi connectivity index (χ4v) is 6.36. The van der Waals surface area contributed by atoms with Crippen LogP contribution >= 0.6 is 54.2 Å². The second-order valence-electron chi connectivity index (χ2n) is 6.63. The van der Waals surface area contributed by atoms with Crippen molar-refractivity contribution in [3.05, 3.63) is 96.4 Å². The molecule has 3 rings (SSSR count). The lowest BCUT2D eigenvalue weighted by Gasteiger charge is -2.16. The summed E-state index contributed by atoms with van der Waals surface area (Å²) in [6, 6.07) is 13.6. The number of rotatable bonds is 5. The number of benzene rings is 3. The standard InChI is InChI=1S/C22H15Cl4O3P/c1-11-7-6-8-12(2)14(11)22(28)30(29)21-18(25)16(23)15(17(24)19(21)26)20(27)13-9-4-3-5-10-13/h3-10,30H,1-2H3. The van der Waals surface area contributed by atoms with Gasteiger partial charge in [0.05, 0.1) is 31.0 Å². The first-order valence-corrected chi connectivity index (χ1v) is 11.7. The summed E-state index contributed by atoms with van der Waals surface area (Å²) in [7, 11) is -3.18. The molecule has 0 aliphatic heterocycles. The Morgan fingerprint density at radius 3 is 1.70 bits per heavy atom. The monoisotopic (exact) mass is 498 g/mol. The first-order valence-electron chi connectivity index (χ1n) is 8.77. The van der Waals surface area contributed by atoms with E-state index in [2.05, 4.69) is 0 Å². The van der Waals surface area contributed by atoms with Gasteiger partial charge < -0.3 is 4.57 Å². The predicted octanol–water partition coefficient (Wildman–Crippen LogP) is 7.17. The molecule has 3 aromatic carbocycles. The second-order valence-corrected chi connectivity index (χ2v) is 9.75. The summed E-state index contributed by atoms with van der Waals surface area (Å²) in [5.41, 5.74) is 1.33. The van der Waals surface area contributed by atoms with Crippen molar-refractivity contribution in [1.29, 1.82) is 0 Å². The van der Waals surface area contributed by atoms with E-state index in [1.807, 2.05) is 0 Å². The highest BCUT2D eigenvalue weighted by Crippen LogP contribution is 2.43. The van der Waals surface area contributed by atoms with Crippen molar-refractivity contribution < 1.29 is 14.2 Å². The van der Waals surface area contributed by atoms with Crippen molar-refractivity contribution in [3.8, 4) is 0 Å². The maximum Gasteiger partial charge on any atom is 0.223 e. The van der Waals surface area contributed by atoms with Crippen LogP contribution in [0.5, 0.6) is 0 Å². The van der Waals surface area contributed by atoms with Gasteiger partial charge in [-0.1, -0.05) is 94.9 Å². The van der Waals surface area contributed by atoms with Crippen LogP contribution in [0.4, 0.5) is 0 Å². The number of halogens is 4. The average Bonchev–Trinajstić information content (AvgIpc) is 2.72. The van der Waals surface area contributed by atoms with Crippen LogP contribution in [0.1, 0.15) is 37.4 Å². The minimum Gasteiger partial charge on any atom is -0.313 e. The molecule has 0 heterocycles. The molecule has 0 spiro atoms. The zero-order valence-corrected chi connectivity index (χ0v) is 19.9. The van der Waals surface area contributed by atoms with E-state index in [1.54, 1.807) is 62.4 Å². The van der Waals surface area contributed by atoms with Crippen molar-refractivity contribution in [2.45, 2.75) is 13.8 Å². The van der Waals surface area contributed by atoms with Crippen LogP contribution < -0.4 is 5.30 Å². The Morgan fingerprint density at radius 1 is 0.700 bits per heavy atom. The molecule has 154 valence electrons. The van der Waals surface area contributed by atoms with E-state index in [0.717, 1.165) is 0 Å². The number of hydrogen-bond acceptors (Lipinski definition) is 3. The molecule has 0 aliphatic rings. The summed E-state index contributed by atoms with van der Waals surface area (Å²) in [6.07, 6.45) is 0. The SMILES string of the molecule is Cc1cccc(C)c1C(=O)[PH](=O)c1c(Cl)c(Cl)c(C(=O)c2ccccc2)c(Cl)c1Cl. The molecule has 0 fully saturated rings. The number of aryl methyl sites for hydroxylation is 2. The fraction of sp³-hybridized carbons (Fsp3) is 0.0909. The van der Waals surface area contributed by atoms with E-state index in [9.17, 15) is 14.2 Å². The Labute approximate surface area is 194 Å². The number of carbonyl (C=O) groups is 2. The zero-order chi connectivity index (χ0) is 22.2. The number of hydrogen-bond donors (Lipinski definition) is 0. The van der Waals surface area contributed by atoms with Crippen molar-refractivity contribution in [2.24, 2.45) is 0 Å². The maximum absolute atomic E-state index is 13.2. The predicted molar refractivity (Wildman–Crippen MR) is 125 cm³/mol. The third-order valence-corrected chi connectivity index (χ3v) is 8.31. The van der Waals surface area contributed by atoms with Crippen molar-refractivity contribution in [3.63, 3.8) is 0 Å². The molecule has 0 saturated carbocycles. The van der Waals surface area contributed by atoms with Crippen LogP contribution in [0.3, 0.4) is 0 Å². The Morgan fingerprint density at radius 2 is 1.20 bits per heavy atom. The van der Waals surface area contributed by atoms with Crippen molar-refractivity contribution in [2.75, 3.05) is 0 Å². The lowest BCUT2D eigenvalue weighted by molar-refractivity contribution is 0.103. The third-order valence-electron chi connectivity index (χ3n) is 4.67. The van der Waals surface area contributed by atoms with E-state index in [0.29, 0.717) is 22.3 Å². The lowest BCUT2D eigenvalue weighted by Crippen LogP contribution is -2.14. The molecular formula is C22H15Cl4O3P. The summed E-state index contributed by atoms with van der Waals surface area (Å²) in [5.74, 6) is -0.485. The van der Waals surface area contributed by atoms with Gasteiger partial charge in [-0.3, -0.25) is 9.59 Å². The molecule has 0 amide bonds. The molecule has 0 saturated heterocycles. The lowest BCUT2D eigenvalue weighted by atomic mass is 10.0. The molecule has 1 unspecified atom stereocenters. The molecule has 30 heavy (non-hydrogen) atoms. The molecule has 8 heteroatoms. The summed E-state index contributed by atoms with van der Waals surface area (Å²) in [4.78, 5) is 25.9. The average molecular weight is 500 g/mol. The zero-order valence-electron chi connectivity index (χ0n) is 15.9. The molecule has 0 bridgehead atoms. The van der Waals surface area contributed by atoms with Crippen LogP contribution in [0.2, 0.25) is 20.1 Å². The van der Waals surface area contributed by atoms with Gasteiger partial charge in [-0.05, 0) is 25.0 Å². The van der Waals surface area contributed by atoms with E-state index in [1.165, 1.54) is 0 Å². The first-order chi connectivity index (χ1) is 14.2. The molecule has 0 radical (unpaired) electrons. The van der Waals surface area contributed by atoms with Gasteiger partial charge in [0.1, 0.15) is 0 Å². The van der Waals surface area contributed by atoms with Gasteiger partial charge in [0.25, 0.3) is 0 Å². The summed E-state index contributed by atoms with van der Waals surface area (Å²) < 4.78 is 13.2. The molecular weight excluding hydrogens is 485 g/mol. The van der Waals surface area contributed by atoms with Gasteiger partial charge in [0.15, 0.2) is 13.6 Å². The normalized spacial score (nSPS) is 11.9.